The van der Waals surface area contributed by atoms with Crippen molar-refractivity contribution in [3.05, 3.63) is 77.9 Å². The number of hydrogen-bond acceptors (Lipinski definition) is 2. The third-order valence-corrected chi connectivity index (χ3v) is 4.00. The van der Waals surface area contributed by atoms with Gasteiger partial charge in [-0.1, -0.05) is 50.3 Å². The fourth-order valence-electron chi connectivity index (χ4n) is 2.61. The van der Waals surface area contributed by atoms with Gasteiger partial charge in [0.25, 0.3) is 0 Å². The molecule has 0 saturated carbocycles. The molecule has 2 aromatic carbocycles. The summed E-state index contributed by atoms with van der Waals surface area (Å²) < 4.78 is 0. The van der Waals surface area contributed by atoms with E-state index in [1.807, 2.05) is 25.1 Å². The maximum absolute atomic E-state index is 9.08. The Hall–Kier alpha value is -2.79. The maximum Gasteiger partial charge on any atom is 0.0991 e. The molecular weight excluding hydrogens is 292 g/mol. The fourth-order valence-corrected chi connectivity index (χ4v) is 2.61. The van der Waals surface area contributed by atoms with Crippen LogP contribution >= 0.6 is 0 Å². The third-order valence-electron chi connectivity index (χ3n) is 4.00. The second-order valence-electron chi connectivity index (χ2n) is 6.06. The van der Waals surface area contributed by atoms with Crippen molar-refractivity contribution in [3.8, 4) is 6.07 Å². The lowest BCUT2D eigenvalue weighted by atomic mass is 9.97. The normalized spacial score (nSPS) is 10.0. The van der Waals surface area contributed by atoms with E-state index in [-0.39, 0.29) is 0 Å². The van der Waals surface area contributed by atoms with Gasteiger partial charge in [-0.15, -0.1) is 0 Å². The molecule has 0 atom stereocenters. The van der Waals surface area contributed by atoms with Gasteiger partial charge in [-0.25, -0.2) is 0 Å². The van der Waals surface area contributed by atoms with Crippen molar-refractivity contribution in [1.82, 2.24) is 0 Å². The van der Waals surface area contributed by atoms with E-state index < -0.39 is 0 Å². The summed E-state index contributed by atoms with van der Waals surface area (Å²) in [5.41, 5.74) is 6.64. The van der Waals surface area contributed by atoms with E-state index in [0.717, 1.165) is 34.5 Å². The lowest BCUT2D eigenvalue weighted by molar-refractivity contribution is 0.795. The Bertz CT molecular complexity index is 777. The van der Waals surface area contributed by atoms with Crippen LogP contribution in [-0.4, -0.2) is 0 Å². The maximum atomic E-state index is 9.08. The highest BCUT2D eigenvalue weighted by Gasteiger charge is 2.08. The Morgan fingerprint density at radius 1 is 1.08 bits per heavy atom. The number of aryl methyl sites for hydroxylation is 1. The standard InChI is InChI=1S/C22H24N2/c1-5-6-7-18-8-11-20(12-9-18)24-17(4)21-13-10-19(15-23)14-22(21)16(2)3/h8-14,24H,2,4-7H2,1,3H3. The minimum atomic E-state index is 0.629. The minimum Gasteiger partial charge on any atom is -0.356 e. The molecule has 0 amide bonds. The average Bonchev–Trinajstić information content (AvgIpc) is 2.60. The molecule has 122 valence electrons. The first-order valence-corrected chi connectivity index (χ1v) is 8.30. The Morgan fingerprint density at radius 3 is 2.38 bits per heavy atom. The molecule has 0 saturated heterocycles. The highest BCUT2D eigenvalue weighted by Crippen LogP contribution is 2.26. The fraction of sp³-hybridized carbons (Fsp3) is 0.227. The SMILES string of the molecule is C=C(C)c1cc(C#N)ccc1C(=C)Nc1ccc(CCCC)cc1. The number of nitrogens with one attached hydrogen (secondary N) is 1. The van der Waals surface area contributed by atoms with Crippen LogP contribution in [0, 0.1) is 11.3 Å². The number of rotatable bonds is 7. The molecule has 2 aromatic rings. The zero-order valence-electron chi connectivity index (χ0n) is 14.5. The summed E-state index contributed by atoms with van der Waals surface area (Å²) in [5.74, 6) is 0. The molecule has 0 fully saturated rings. The van der Waals surface area contributed by atoms with Crippen molar-refractivity contribution in [2.45, 2.75) is 33.1 Å². The molecular formula is C22H24N2. The monoisotopic (exact) mass is 316 g/mol. The largest absolute Gasteiger partial charge is 0.356 e. The van der Waals surface area contributed by atoms with Crippen molar-refractivity contribution in [3.63, 3.8) is 0 Å². The molecule has 0 unspecified atom stereocenters. The Morgan fingerprint density at radius 2 is 1.79 bits per heavy atom. The van der Waals surface area contributed by atoms with Gasteiger partial charge in [-0.3, -0.25) is 0 Å². The van der Waals surface area contributed by atoms with Crippen molar-refractivity contribution in [2.75, 3.05) is 5.32 Å². The lowest BCUT2D eigenvalue weighted by Crippen LogP contribution is -2.01. The molecule has 0 bridgehead atoms. The first kappa shape index (κ1) is 17.6. The predicted octanol–water partition coefficient (Wildman–Crippen LogP) is 6.02. The number of allylic oxidation sites excluding steroid dienone is 1. The van der Waals surface area contributed by atoms with Crippen LogP contribution in [0.5, 0.6) is 0 Å². The second-order valence-corrected chi connectivity index (χ2v) is 6.06. The van der Waals surface area contributed by atoms with E-state index in [9.17, 15) is 0 Å². The lowest BCUT2D eigenvalue weighted by Gasteiger charge is -2.15. The third kappa shape index (κ3) is 4.36. The van der Waals surface area contributed by atoms with Gasteiger partial charge >= 0.3 is 0 Å². The van der Waals surface area contributed by atoms with Crippen molar-refractivity contribution >= 4 is 17.0 Å². The van der Waals surface area contributed by atoms with Gasteiger partial charge < -0.3 is 5.32 Å². The molecule has 0 aliphatic carbocycles. The average molecular weight is 316 g/mol. The predicted molar refractivity (Wildman–Crippen MR) is 104 cm³/mol. The summed E-state index contributed by atoms with van der Waals surface area (Å²) in [6, 6.07) is 16.2. The van der Waals surface area contributed by atoms with Crippen LogP contribution in [0.25, 0.3) is 11.3 Å². The highest BCUT2D eigenvalue weighted by atomic mass is 14.9. The summed E-state index contributed by atoms with van der Waals surface area (Å²) in [6.07, 6.45) is 3.54. The summed E-state index contributed by atoms with van der Waals surface area (Å²) in [7, 11) is 0. The molecule has 0 aromatic heterocycles. The molecule has 24 heavy (non-hydrogen) atoms. The van der Waals surface area contributed by atoms with Crippen LogP contribution in [0.1, 0.15) is 48.9 Å². The summed E-state index contributed by atoms with van der Waals surface area (Å²) in [4.78, 5) is 0. The summed E-state index contributed by atoms with van der Waals surface area (Å²) in [5, 5.41) is 12.4. The smallest absolute Gasteiger partial charge is 0.0991 e. The minimum absolute atomic E-state index is 0.629. The van der Waals surface area contributed by atoms with Crippen LogP contribution in [0.3, 0.4) is 0 Å². The highest BCUT2D eigenvalue weighted by molar-refractivity contribution is 5.83. The van der Waals surface area contributed by atoms with Crippen LogP contribution in [0.15, 0.2) is 55.6 Å². The first-order valence-electron chi connectivity index (χ1n) is 8.30. The first-order chi connectivity index (χ1) is 11.5. The van der Waals surface area contributed by atoms with E-state index >= 15 is 0 Å². The van der Waals surface area contributed by atoms with Gasteiger partial charge in [-0.05, 0) is 55.2 Å². The van der Waals surface area contributed by atoms with Crippen LogP contribution in [0.2, 0.25) is 0 Å². The Labute approximate surface area is 145 Å². The number of unbranched alkanes of at least 4 members (excludes halogenated alkanes) is 1. The van der Waals surface area contributed by atoms with Crippen molar-refractivity contribution in [2.24, 2.45) is 0 Å². The van der Waals surface area contributed by atoms with Gasteiger partial charge in [0.1, 0.15) is 0 Å². The molecule has 0 aliphatic rings. The zero-order chi connectivity index (χ0) is 17.5. The van der Waals surface area contributed by atoms with E-state index in [1.165, 1.54) is 18.4 Å². The number of anilines is 1. The van der Waals surface area contributed by atoms with E-state index in [4.69, 9.17) is 5.26 Å². The van der Waals surface area contributed by atoms with E-state index in [2.05, 4.69) is 55.7 Å². The van der Waals surface area contributed by atoms with Crippen molar-refractivity contribution in [1.29, 1.82) is 5.26 Å². The van der Waals surface area contributed by atoms with Crippen molar-refractivity contribution < 1.29 is 0 Å². The molecule has 2 nitrogen and oxygen atoms in total. The number of benzene rings is 2. The molecule has 0 spiro atoms. The zero-order valence-corrected chi connectivity index (χ0v) is 14.5. The summed E-state index contributed by atoms with van der Waals surface area (Å²) >= 11 is 0. The summed E-state index contributed by atoms with van der Waals surface area (Å²) in [6.45, 7) is 12.3. The number of nitriles is 1. The van der Waals surface area contributed by atoms with Gasteiger partial charge in [0.2, 0.25) is 0 Å². The molecule has 1 N–H and O–H groups in total. The molecule has 2 heteroatoms. The topological polar surface area (TPSA) is 35.8 Å². The van der Waals surface area contributed by atoms with Gasteiger partial charge in [0.15, 0.2) is 0 Å². The van der Waals surface area contributed by atoms with Crippen LogP contribution in [-0.2, 0) is 6.42 Å². The number of hydrogen-bond donors (Lipinski definition) is 1. The molecule has 0 radical (unpaired) electrons. The quantitative estimate of drug-likeness (QED) is 0.678. The Kier molecular flexibility index (Phi) is 5.98. The van der Waals surface area contributed by atoms with Gasteiger partial charge in [0.05, 0.1) is 11.6 Å². The van der Waals surface area contributed by atoms with Crippen LogP contribution in [0.4, 0.5) is 5.69 Å². The Balaban J connectivity index is 2.18. The van der Waals surface area contributed by atoms with E-state index in [1.54, 1.807) is 0 Å². The molecule has 0 aliphatic heterocycles. The van der Waals surface area contributed by atoms with E-state index in [0.29, 0.717) is 5.56 Å². The number of nitrogens with zero attached hydrogens (tertiary/aromatic N) is 1. The molecule has 0 heterocycles. The van der Waals surface area contributed by atoms with Gasteiger partial charge in [-0.2, -0.15) is 5.26 Å². The van der Waals surface area contributed by atoms with Gasteiger partial charge in [0, 0.05) is 16.9 Å². The van der Waals surface area contributed by atoms with Crippen LogP contribution < -0.4 is 5.32 Å². The molecule has 2 rings (SSSR count). The second kappa shape index (κ2) is 8.17.